The summed E-state index contributed by atoms with van der Waals surface area (Å²) >= 11 is 3.24. The standard InChI is InChI=1S/C13H17BrClNO3S/c1-8(2)6-9(3)16-13(17)11-7-10(20(15,18)19)4-5-12(11)14/h4-5,7-9H,6H2,1-3H3,(H,16,17). The quantitative estimate of drug-likeness (QED) is 0.792. The van der Waals surface area contributed by atoms with Crippen LogP contribution in [-0.2, 0) is 9.05 Å². The third kappa shape index (κ3) is 5.07. The maximum atomic E-state index is 12.2. The summed E-state index contributed by atoms with van der Waals surface area (Å²) in [6, 6.07) is 4.12. The molecule has 0 heterocycles. The SMILES string of the molecule is CC(C)CC(C)NC(=O)c1cc(S(=O)(=O)Cl)ccc1Br. The Labute approximate surface area is 132 Å². The second kappa shape index (κ2) is 6.91. The molecule has 0 aliphatic rings. The Morgan fingerprint density at radius 2 is 1.95 bits per heavy atom. The Bertz CT molecular complexity index is 602. The fraction of sp³-hybridized carbons (Fsp3) is 0.462. The van der Waals surface area contributed by atoms with Crippen LogP contribution in [0.4, 0.5) is 0 Å². The molecule has 20 heavy (non-hydrogen) atoms. The monoisotopic (exact) mass is 381 g/mol. The average Bonchev–Trinajstić information content (AvgIpc) is 2.26. The Kier molecular flexibility index (Phi) is 6.04. The molecule has 1 aromatic rings. The second-order valence-corrected chi connectivity index (χ2v) is 8.50. The summed E-state index contributed by atoms with van der Waals surface area (Å²) < 4.78 is 23.1. The highest BCUT2D eigenvalue weighted by Crippen LogP contribution is 2.23. The molecule has 0 spiro atoms. The number of nitrogens with one attached hydrogen (secondary N) is 1. The first kappa shape index (κ1) is 17.5. The summed E-state index contributed by atoms with van der Waals surface area (Å²) in [5.74, 6) is 0.135. The first-order valence-corrected chi connectivity index (χ1v) is 9.26. The minimum atomic E-state index is -3.85. The van der Waals surface area contributed by atoms with Gasteiger partial charge >= 0.3 is 0 Å². The third-order valence-corrected chi connectivity index (χ3v) is 4.71. The fourth-order valence-corrected chi connectivity index (χ4v) is 3.10. The van der Waals surface area contributed by atoms with E-state index in [0.29, 0.717) is 10.4 Å². The van der Waals surface area contributed by atoms with Crippen molar-refractivity contribution >= 4 is 41.6 Å². The van der Waals surface area contributed by atoms with Crippen LogP contribution in [0.1, 0.15) is 37.6 Å². The number of amides is 1. The van der Waals surface area contributed by atoms with E-state index in [4.69, 9.17) is 10.7 Å². The van der Waals surface area contributed by atoms with Gasteiger partial charge in [-0.15, -0.1) is 0 Å². The lowest BCUT2D eigenvalue weighted by Crippen LogP contribution is -2.33. The zero-order valence-electron chi connectivity index (χ0n) is 11.5. The van der Waals surface area contributed by atoms with Gasteiger partial charge in [-0.05, 0) is 53.4 Å². The van der Waals surface area contributed by atoms with E-state index in [-0.39, 0.29) is 22.4 Å². The lowest BCUT2D eigenvalue weighted by Gasteiger charge is -2.16. The van der Waals surface area contributed by atoms with Crippen molar-refractivity contribution in [1.82, 2.24) is 5.32 Å². The number of carbonyl (C=O) groups is 1. The van der Waals surface area contributed by atoms with Crippen LogP contribution >= 0.6 is 26.6 Å². The smallest absolute Gasteiger partial charge is 0.261 e. The van der Waals surface area contributed by atoms with E-state index in [1.54, 1.807) is 0 Å². The summed E-state index contributed by atoms with van der Waals surface area (Å²) in [5.41, 5.74) is 0.252. The zero-order chi connectivity index (χ0) is 15.5. The van der Waals surface area contributed by atoms with Crippen LogP contribution in [-0.4, -0.2) is 20.4 Å². The number of hydrogen-bond acceptors (Lipinski definition) is 3. The van der Waals surface area contributed by atoms with Crippen LogP contribution in [0.2, 0.25) is 0 Å². The van der Waals surface area contributed by atoms with Crippen LogP contribution in [0.5, 0.6) is 0 Å². The van der Waals surface area contributed by atoms with E-state index in [2.05, 4.69) is 35.1 Å². The number of benzene rings is 1. The van der Waals surface area contributed by atoms with Crippen molar-refractivity contribution < 1.29 is 13.2 Å². The normalized spacial score (nSPS) is 13.3. The highest BCUT2D eigenvalue weighted by Gasteiger charge is 2.18. The Morgan fingerprint density at radius 1 is 1.35 bits per heavy atom. The van der Waals surface area contributed by atoms with E-state index in [9.17, 15) is 13.2 Å². The molecule has 0 aliphatic heterocycles. The number of carbonyl (C=O) groups excluding carboxylic acids is 1. The van der Waals surface area contributed by atoms with Gasteiger partial charge in [0.1, 0.15) is 0 Å². The van der Waals surface area contributed by atoms with E-state index < -0.39 is 9.05 Å². The maximum Gasteiger partial charge on any atom is 0.261 e. The number of halogens is 2. The lowest BCUT2D eigenvalue weighted by molar-refractivity contribution is 0.0935. The van der Waals surface area contributed by atoms with Crippen molar-refractivity contribution in [1.29, 1.82) is 0 Å². The highest BCUT2D eigenvalue weighted by molar-refractivity contribution is 9.10. The second-order valence-electron chi connectivity index (χ2n) is 5.08. The molecule has 1 atom stereocenters. The van der Waals surface area contributed by atoms with Crippen molar-refractivity contribution in [2.45, 2.75) is 38.1 Å². The van der Waals surface area contributed by atoms with E-state index >= 15 is 0 Å². The predicted octanol–water partition coefficient (Wildman–Crippen LogP) is 3.54. The van der Waals surface area contributed by atoms with Crippen molar-refractivity contribution in [3.63, 3.8) is 0 Å². The zero-order valence-corrected chi connectivity index (χ0v) is 14.6. The fourth-order valence-electron chi connectivity index (χ4n) is 1.90. The molecule has 1 aromatic carbocycles. The molecule has 1 unspecified atom stereocenters. The predicted molar refractivity (Wildman–Crippen MR) is 83.6 cm³/mol. The number of rotatable bonds is 5. The molecule has 0 aliphatic carbocycles. The summed E-state index contributed by atoms with van der Waals surface area (Å²) in [7, 11) is 1.44. The minimum absolute atomic E-state index is 0.00525. The van der Waals surface area contributed by atoms with Gasteiger partial charge in [-0.3, -0.25) is 4.79 Å². The van der Waals surface area contributed by atoms with E-state index in [1.807, 2.05) is 6.92 Å². The van der Waals surface area contributed by atoms with Gasteiger partial charge in [-0.2, -0.15) is 0 Å². The summed E-state index contributed by atoms with van der Waals surface area (Å²) in [5, 5.41) is 2.84. The molecular weight excluding hydrogens is 366 g/mol. The van der Waals surface area contributed by atoms with Crippen molar-refractivity contribution in [2.75, 3.05) is 0 Å². The molecule has 0 radical (unpaired) electrons. The van der Waals surface area contributed by atoms with Crippen LogP contribution in [0.15, 0.2) is 27.6 Å². The molecule has 7 heteroatoms. The lowest BCUT2D eigenvalue weighted by atomic mass is 10.0. The Morgan fingerprint density at radius 3 is 2.45 bits per heavy atom. The van der Waals surface area contributed by atoms with Crippen LogP contribution < -0.4 is 5.32 Å². The van der Waals surface area contributed by atoms with Gasteiger partial charge in [0.05, 0.1) is 10.5 Å². The highest BCUT2D eigenvalue weighted by atomic mass is 79.9. The van der Waals surface area contributed by atoms with Crippen molar-refractivity contribution in [3.8, 4) is 0 Å². The summed E-state index contributed by atoms with van der Waals surface area (Å²) in [4.78, 5) is 12.1. The van der Waals surface area contributed by atoms with Gasteiger partial charge in [-0.1, -0.05) is 13.8 Å². The maximum absolute atomic E-state index is 12.2. The van der Waals surface area contributed by atoms with Gasteiger partial charge in [0.15, 0.2) is 0 Å². The van der Waals surface area contributed by atoms with Gasteiger partial charge in [0.25, 0.3) is 15.0 Å². The van der Waals surface area contributed by atoms with Crippen LogP contribution in [0.25, 0.3) is 0 Å². The molecule has 1 N–H and O–H groups in total. The largest absolute Gasteiger partial charge is 0.350 e. The summed E-state index contributed by atoms with van der Waals surface area (Å²) in [6.45, 7) is 6.05. The topological polar surface area (TPSA) is 63.2 Å². The molecule has 0 saturated heterocycles. The van der Waals surface area contributed by atoms with Gasteiger partial charge in [0, 0.05) is 21.2 Å². The number of hydrogen-bond donors (Lipinski definition) is 1. The van der Waals surface area contributed by atoms with Crippen LogP contribution in [0, 0.1) is 5.92 Å². The molecule has 112 valence electrons. The van der Waals surface area contributed by atoms with Crippen LogP contribution in [0.3, 0.4) is 0 Å². The van der Waals surface area contributed by atoms with Crippen molar-refractivity contribution in [2.24, 2.45) is 5.92 Å². The average molecular weight is 383 g/mol. The van der Waals surface area contributed by atoms with E-state index in [1.165, 1.54) is 18.2 Å². The summed E-state index contributed by atoms with van der Waals surface area (Å²) in [6.07, 6.45) is 0.844. The van der Waals surface area contributed by atoms with Gasteiger partial charge < -0.3 is 5.32 Å². The molecule has 0 saturated carbocycles. The van der Waals surface area contributed by atoms with Gasteiger partial charge in [-0.25, -0.2) is 8.42 Å². The Balaban J connectivity index is 2.98. The molecule has 4 nitrogen and oxygen atoms in total. The first-order valence-electron chi connectivity index (χ1n) is 6.16. The van der Waals surface area contributed by atoms with E-state index in [0.717, 1.165) is 6.42 Å². The molecule has 1 rings (SSSR count). The molecule has 0 fully saturated rings. The Hall–Kier alpha value is -0.590. The molecule has 1 amide bonds. The third-order valence-electron chi connectivity index (χ3n) is 2.67. The molecule has 0 aromatic heterocycles. The minimum Gasteiger partial charge on any atom is -0.350 e. The van der Waals surface area contributed by atoms with Crippen molar-refractivity contribution in [3.05, 3.63) is 28.2 Å². The van der Waals surface area contributed by atoms with Gasteiger partial charge in [0.2, 0.25) is 0 Å². The molecular formula is C13H17BrClNO3S. The first-order chi connectivity index (χ1) is 9.11. The molecule has 0 bridgehead atoms.